The van der Waals surface area contributed by atoms with Crippen LogP contribution in [-0.4, -0.2) is 25.1 Å². The topological polar surface area (TPSA) is 12.5 Å². The van der Waals surface area contributed by atoms with Crippen molar-refractivity contribution in [2.45, 2.75) is 13.0 Å². The fourth-order valence-corrected chi connectivity index (χ4v) is 3.46. The summed E-state index contributed by atoms with van der Waals surface area (Å²) in [5.41, 5.74) is 7.12. The maximum absolute atomic E-state index is 5.53. The van der Waals surface area contributed by atoms with E-state index in [0.29, 0.717) is 0 Å². The highest BCUT2D eigenvalue weighted by Gasteiger charge is 2.28. The van der Waals surface area contributed by atoms with Gasteiger partial charge in [0.25, 0.3) is 0 Å². The summed E-state index contributed by atoms with van der Waals surface area (Å²) in [5.74, 6) is 1.03. The number of fused-ring (bicyclic) bond motifs is 1. The first-order chi connectivity index (χ1) is 10.3. The molecular formula is C19H19NO. The highest BCUT2D eigenvalue weighted by atomic mass is 16.5. The van der Waals surface area contributed by atoms with Gasteiger partial charge in [0, 0.05) is 26.1 Å². The lowest BCUT2D eigenvalue weighted by Gasteiger charge is -2.36. The molecule has 0 saturated carbocycles. The molecule has 1 aromatic rings. The van der Waals surface area contributed by atoms with Gasteiger partial charge in [0.1, 0.15) is 5.76 Å². The smallest absolute Gasteiger partial charge is 0.122 e. The molecule has 3 aliphatic rings. The van der Waals surface area contributed by atoms with Crippen LogP contribution in [0.4, 0.5) is 0 Å². The van der Waals surface area contributed by atoms with Crippen molar-refractivity contribution in [3.05, 3.63) is 82.2 Å². The first kappa shape index (κ1) is 12.7. The van der Waals surface area contributed by atoms with E-state index in [2.05, 4.69) is 53.5 Å². The van der Waals surface area contributed by atoms with Gasteiger partial charge in [0.15, 0.2) is 0 Å². The summed E-state index contributed by atoms with van der Waals surface area (Å²) >= 11 is 0. The van der Waals surface area contributed by atoms with Gasteiger partial charge in [-0.25, -0.2) is 0 Å². The number of benzene rings is 1. The molecule has 0 unspecified atom stereocenters. The molecule has 0 aromatic heterocycles. The van der Waals surface area contributed by atoms with Crippen LogP contribution in [-0.2, 0) is 11.3 Å². The van der Waals surface area contributed by atoms with Gasteiger partial charge in [0.2, 0.25) is 0 Å². The molecular weight excluding hydrogens is 258 g/mol. The fourth-order valence-electron chi connectivity index (χ4n) is 3.46. The Morgan fingerprint density at radius 2 is 1.86 bits per heavy atom. The molecule has 2 heteroatoms. The van der Waals surface area contributed by atoms with Crippen molar-refractivity contribution < 1.29 is 4.74 Å². The number of rotatable bonds is 3. The number of hydrogen-bond donors (Lipinski definition) is 0. The van der Waals surface area contributed by atoms with Crippen LogP contribution in [0.1, 0.15) is 12.0 Å². The monoisotopic (exact) mass is 277 g/mol. The Hall–Kier alpha value is -2.06. The van der Waals surface area contributed by atoms with Crippen molar-refractivity contribution in [2.24, 2.45) is 0 Å². The zero-order valence-electron chi connectivity index (χ0n) is 12.3. The second kappa shape index (κ2) is 5.05. The van der Waals surface area contributed by atoms with E-state index in [4.69, 9.17) is 4.74 Å². The summed E-state index contributed by atoms with van der Waals surface area (Å²) in [7, 11) is 1.77. The van der Waals surface area contributed by atoms with Gasteiger partial charge < -0.3 is 4.74 Å². The van der Waals surface area contributed by atoms with E-state index in [0.717, 1.165) is 31.8 Å². The molecule has 1 heterocycles. The lowest BCUT2D eigenvalue weighted by atomic mass is 9.81. The SMILES string of the molecule is COC1=C2C=CC3=C(C2)C(=C1)CN(Cc1ccccc1)C3. The van der Waals surface area contributed by atoms with Gasteiger partial charge >= 0.3 is 0 Å². The molecule has 0 atom stereocenters. The Kier molecular flexibility index (Phi) is 3.04. The predicted octanol–water partition coefficient (Wildman–Crippen LogP) is 3.60. The van der Waals surface area contributed by atoms with Crippen molar-refractivity contribution in [3.8, 4) is 0 Å². The molecule has 2 nitrogen and oxygen atoms in total. The molecule has 2 aliphatic carbocycles. The van der Waals surface area contributed by atoms with E-state index in [9.17, 15) is 0 Å². The molecule has 106 valence electrons. The summed E-state index contributed by atoms with van der Waals surface area (Å²) < 4.78 is 5.53. The molecule has 0 N–H and O–H groups in total. The maximum atomic E-state index is 5.53. The second-order valence-electron chi connectivity index (χ2n) is 5.91. The Labute approximate surface area is 125 Å². The van der Waals surface area contributed by atoms with E-state index >= 15 is 0 Å². The van der Waals surface area contributed by atoms with Crippen molar-refractivity contribution in [2.75, 3.05) is 20.2 Å². The summed E-state index contributed by atoms with van der Waals surface area (Å²) in [6, 6.07) is 10.7. The van der Waals surface area contributed by atoms with Crippen LogP contribution in [0.2, 0.25) is 0 Å². The number of nitrogens with zero attached hydrogens (tertiary/aromatic N) is 1. The van der Waals surface area contributed by atoms with Crippen molar-refractivity contribution in [1.82, 2.24) is 4.90 Å². The minimum Gasteiger partial charge on any atom is -0.496 e. The molecule has 2 bridgehead atoms. The first-order valence-electron chi connectivity index (χ1n) is 7.48. The van der Waals surface area contributed by atoms with Gasteiger partial charge in [-0.1, -0.05) is 42.5 Å². The predicted molar refractivity (Wildman–Crippen MR) is 84.6 cm³/mol. The van der Waals surface area contributed by atoms with E-state index in [1.54, 1.807) is 7.11 Å². The van der Waals surface area contributed by atoms with E-state index < -0.39 is 0 Å². The highest BCUT2D eigenvalue weighted by Crippen LogP contribution is 2.39. The summed E-state index contributed by atoms with van der Waals surface area (Å²) in [5, 5.41) is 0. The molecule has 0 spiro atoms. The third-order valence-electron chi connectivity index (χ3n) is 4.51. The third-order valence-corrected chi connectivity index (χ3v) is 4.51. The molecule has 0 radical (unpaired) electrons. The Bertz CT molecular complexity index is 692. The summed E-state index contributed by atoms with van der Waals surface area (Å²) in [4.78, 5) is 2.51. The molecule has 4 rings (SSSR count). The van der Waals surface area contributed by atoms with Crippen molar-refractivity contribution in [3.63, 3.8) is 0 Å². The molecule has 1 aromatic carbocycles. The van der Waals surface area contributed by atoms with Crippen LogP contribution in [0.15, 0.2) is 76.6 Å². The molecule has 21 heavy (non-hydrogen) atoms. The lowest BCUT2D eigenvalue weighted by molar-refractivity contribution is 0.288. The average Bonchev–Trinajstić information content (AvgIpc) is 2.54. The number of ether oxygens (including phenoxy) is 1. The van der Waals surface area contributed by atoms with Crippen LogP contribution in [0.3, 0.4) is 0 Å². The number of methoxy groups -OCH3 is 1. The Morgan fingerprint density at radius 1 is 1.05 bits per heavy atom. The van der Waals surface area contributed by atoms with Gasteiger partial charge in [-0.3, -0.25) is 4.90 Å². The fraction of sp³-hybridized carbons (Fsp3) is 0.263. The van der Waals surface area contributed by atoms with Gasteiger partial charge in [-0.05, 0) is 33.9 Å². The zero-order chi connectivity index (χ0) is 14.2. The lowest BCUT2D eigenvalue weighted by Crippen LogP contribution is -2.34. The minimum atomic E-state index is 1.00. The maximum Gasteiger partial charge on any atom is 0.122 e. The Balaban J connectivity index is 1.63. The standard InChI is InChI=1S/C19H19NO/c1-21-19-10-17-13-20(11-14-5-3-2-4-6-14)12-16-8-7-15(19)9-18(16)17/h2-8,10H,9,11-13H2,1H3. The van der Waals surface area contributed by atoms with Crippen LogP contribution in [0.25, 0.3) is 0 Å². The zero-order valence-corrected chi connectivity index (χ0v) is 12.3. The largest absolute Gasteiger partial charge is 0.496 e. The van der Waals surface area contributed by atoms with Crippen molar-refractivity contribution >= 4 is 0 Å². The minimum absolute atomic E-state index is 1.00. The van der Waals surface area contributed by atoms with Gasteiger partial charge in [-0.15, -0.1) is 0 Å². The molecule has 0 fully saturated rings. The third kappa shape index (κ3) is 2.26. The van der Waals surface area contributed by atoms with Gasteiger partial charge in [0.05, 0.1) is 7.11 Å². The normalized spacial score (nSPS) is 20.7. The average molecular weight is 277 g/mol. The molecule has 1 aliphatic heterocycles. The molecule has 0 saturated heterocycles. The summed E-state index contributed by atoms with van der Waals surface area (Å²) in [6.45, 7) is 3.07. The number of allylic oxidation sites excluding steroid dienone is 3. The second-order valence-corrected chi connectivity index (χ2v) is 5.91. The van der Waals surface area contributed by atoms with Crippen LogP contribution in [0.5, 0.6) is 0 Å². The summed E-state index contributed by atoms with van der Waals surface area (Å²) in [6.07, 6.45) is 7.77. The first-order valence-corrected chi connectivity index (χ1v) is 7.48. The van der Waals surface area contributed by atoms with Gasteiger partial charge in [-0.2, -0.15) is 0 Å². The van der Waals surface area contributed by atoms with Crippen LogP contribution in [0, 0.1) is 0 Å². The van der Waals surface area contributed by atoms with Crippen molar-refractivity contribution in [1.29, 1.82) is 0 Å². The quantitative estimate of drug-likeness (QED) is 0.837. The van der Waals surface area contributed by atoms with Crippen LogP contribution < -0.4 is 0 Å². The van der Waals surface area contributed by atoms with E-state index in [1.165, 1.54) is 27.9 Å². The highest BCUT2D eigenvalue weighted by molar-refractivity contribution is 5.58. The van der Waals surface area contributed by atoms with E-state index in [1.807, 2.05) is 0 Å². The number of hydrogen-bond acceptors (Lipinski definition) is 2. The molecule has 0 amide bonds. The van der Waals surface area contributed by atoms with E-state index in [-0.39, 0.29) is 0 Å². The van der Waals surface area contributed by atoms with Crippen LogP contribution >= 0.6 is 0 Å². The Morgan fingerprint density at radius 3 is 2.67 bits per heavy atom.